The summed E-state index contributed by atoms with van der Waals surface area (Å²) < 4.78 is 26.1. The fourth-order valence-electron chi connectivity index (χ4n) is 3.37. The summed E-state index contributed by atoms with van der Waals surface area (Å²) in [5, 5.41) is 3.34. The van der Waals surface area contributed by atoms with E-state index in [0.717, 1.165) is 39.1 Å². The molecule has 2 aliphatic heterocycles. The quantitative estimate of drug-likeness (QED) is 0.766. The number of nitrogens with zero attached hydrogens (tertiary/aromatic N) is 2. The molecule has 140 valence electrons. The highest BCUT2D eigenvalue weighted by Crippen LogP contribution is 2.20. The summed E-state index contributed by atoms with van der Waals surface area (Å²) in [6, 6.07) is 6.64. The number of benzene rings is 1. The van der Waals surface area contributed by atoms with Gasteiger partial charge in [-0.05, 0) is 31.7 Å². The number of sulfonamides is 1. The van der Waals surface area contributed by atoms with E-state index >= 15 is 0 Å². The minimum Gasteiger partial charge on any atom is -0.337 e. The predicted molar refractivity (Wildman–Crippen MR) is 98.7 cm³/mol. The second-order valence-corrected chi connectivity index (χ2v) is 8.10. The van der Waals surface area contributed by atoms with Crippen molar-refractivity contribution in [1.82, 2.24) is 19.8 Å². The van der Waals surface area contributed by atoms with Crippen LogP contribution >= 0.6 is 12.4 Å². The van der Waals surface area contributed by atoms with Crippen LogP contribution in [0, 0.1) is 0 Å². The summed E-state index contributed by atoms with van der Waals surface area (Å²) in [5.41, 5.74) is 0.423. The third-order valence-corrected chi connectivity index (χ3v) is 6.19. The average molecular weight is 389 g/mol. The molecule has 2 saturated heterocycles. The number of hydrogen-bond acceptors (Lipinski definition) is 5. The first-order chi connectivity index (χ1) is 11.5. The van der Waals surface area contributed by atoms with Crippen LogP contribution in [0.4, 0.5) is 0 Å². The Morgan fingerprint density at radius 3 is 2.64 bits per heavy atom. The molecular formula is C16H25ClN4O3S. The molecule has 7 nitrogen and oxygen atoms in total. The number of halogens is 1. The highest BCUT2D eigenvalue weighted by Gasteiger charge is 2.31. The second kappa shape index (κ2) is 8.46. The first-order valence-corrected chi connectivity index (χ1v) is 9.77. The summed E-state index contributed by atoms with van der Waals surface area (Å²) in [4.78, 5) is 17.1. The van der Waals surface area contributed by atoms with Gasteiger partial charge in [-0.1, -0.05) is 6.07 Å². The Morgan fingerprint density at radius 1 is 1.24 bits per heavy atom. The third kappa shape index (κ3) is 4.51. The molecular weight excluding hydrogens is 364 g/mol. The summed E-state index contributed by atoms with van der Waals surface area (Å²) in [7, 11) is -2.18. The molecule has 1 atom stereocenters. The van der Waals surface area contributed by atoms with E-state index in [0.29, 0.717) is 18.2 Å². The first kappa shape index (κ1) is 20.1. The maximum atomic E-state index is 12.7. The minimum atomic E-state index is -3.54. The predicted octanol–water partition coefficient (Wildman–Crippen LogP) is 0.136. The number of likely N-dealkylation sites (tertiary alicyclic amines) is 1. The fourth-order valence-corrected chi connectivity index (χ4v) is 4.14. The van der Waals surface area contributed by atoms with Crippen LogP contribution in [-0.4, -0.2) is 76.5 Å². The Balaban J connectivity index is 0.00000225. The van der Waals surface area contributed by atoms with E-state index in [-0.39, 0.29) is 23.2 Å². The van der Waals surface area contributed by atoms with Gasteiger partial charge in [0.1, 0.15) is 0 Å². The van der Waals surface area contributed by atoms with Gasteiger partial charge in [-0.3, -0.25) is 9.69 Å². The van der Waals surface area contributed by atoms with Gasteiger partial charge in [-0.2, -0.15) is 0 Å². The number of rotatable bonds is 4. The Labute approximate surface area is 155 Å². The fraction of sp³-hybridized carbons (Fsp3) is 0.562. The summed E-state index contributed by atoms with van der Waals surface area (Å²) in [6.07, 6.45) is 0.972. The number of carbonyl (C=O) groups is 1. The standard InChI is InChI=1S/C16H24N4O3S.ClH/c1-17-24(22,23)15-4-2-3-13(11-15)16(21)20-8-5-14(12-20)19-9-6-18-7-10-19;/h2-4,11,14,17-18H,5-10,12H2,1H3;1H. The van der Waals surface area contributed by atoms with Crippen molar-refractivity contribution in [2.45, 2.75) is 17.4 Å². The molecule has 0 bridgehead atoms. The summed E-state index contributed by atoms with van der Waals surface area (Å²) in [5.74, 6) is -0.0965. The molecule has 3 rings (SSSR count). The third-order valence-electron chi connectivity index (χ3n) is 4.78. The molecule has 2 N–H and O–H groups in total. The number of carbonyl (C=O) groups excluding carboxylic acids is 1. The van der Waals surface area contributed by atoms with Crippen LogP contribution in [0.3, 0.4) is 0 Å². The van der Waals surface area contributed by atoms with Crippen molar-refractivity contribution in [2.75, 3.05) is 46.3 Å². The SMILES string of the molecule is CNS(=O)(=O)c1cccc(C(=O)N2CCC(N3CCNCC3)C2)c1.Cl. The van der Waals surface area contributed by atoms with Crippen LogP contribution in [0.2, 0.25) is 0 Å². The van der Waals surface area contributed by atoms with Crippen molar-refractivity contribution in [2.24, 2.45) is 0 Å². The smallest absolute Gasteiger partial charge is 0.253 e. The van der Waals surface area contributed by atoms with Gasteiger partial charge in [0.15, 0.2) is 0 Å². The molecule has 0 radical (unpaired) electrons. The Bertz CT molecular complexity index is 707. The lowest BCUT2D eigenvalue weighted by Crippen LogP contribution is -2.49. The lowest BCUT2D eigenvalue weighted by atomic mass is 10.2. The molecule has 1 unspecified atom stereocenters. The molecule has 1 aromatic carbocycles. The highest BCUT2D eigenvalue weighted by molar-refractivity contribution is 7.89. The van der Waals surface area contributed by atoms with Gasteiger partial charge < -0.3 is 10.2 Å². The van der Waals surface area contributed by atoms with Gasteiger partial charge in [0.05, 0.1) is 4.90 Å². The molecule has 1 amide bonds. The van der Waals surface area contributed by atoms with Crippen LogP contribution in [0.15, 0.2) is 29.2 Å². The van der Waals surface area contributed by atoms with Gasteiger partial charge in [-0.25, -0.2) is 13.1 Å². The molecule has 0 spiro atoms. The molecule has 2 heterocycles. The molecule has 0 aromatic heterocycles. The monoisotopic (exact) mass is 388 g/mol. The van der Waals surface area contributed by atoms with Crippen LogP contribution < -0.4 is 10.0 Å². The number of nitrogens with one attached hydrogen (secondary N) is 2. The van der Waals surface area contributed by atoms with Crippen molar-refractivity contribution in [3.05, 3.63) is 29.8 Å². The molecule has 2 fully saturated rings. The van der Waals surface area contributed by atoms with Gasteiger partial charge in [0.25, 0.3) is 5.91 Å². The topological polar surface area (TPSA) is 81.8 Å². The maximum Gasteiger partial charge on any atom is 0.253 e. The summed E-state index contributed by atoms with van der Waals surface area (Å²) >= 11 is 0. The molecule has 0 aliphatic carbocycles. The summed E-state index contributed by atoms with van der Waals surface area (Å²) in [6.45, 7) is 5.45. The van der Waals surface area contributed by atoms with E-state index in [4.69, 9.17) is 0 Å². The van der Waals surface area contributed by atoms with Crippen molar-refractivity contribution in [1.29, 1.82) is 0 Å². The van der Waals surface area contributed by atoms with Gasteiger partial charge >= 0.3 is 0 Å². The van der Waals surface area contributed by atoms with Gasteiger partial charge in [0.2, 0.25) is 10.0 Å². The Hall–Kier alpha value is -1.19. The molecule has 0 saturated carbocycles. The van der Waals surface area contributed by atoms with E-state index in [1.807, 2.05) is 4.90 Å². The highest BCUT2D eigenvalue weighted by atomic mass is 35.5. The largest absolute Gasteiger partial charge is 0.337 e. The lowest BCUT2D eigenvalue weighted by Gasteiger charge is -2.32. The first-order valence-electron chi connectivity index (χ1n) is 8.29. The molecule has 2 aliphatic rings. The Kier molecular flexibility index (Phi) is 6.81. The second-order valence-electron chi connectivity index (χ2n) is 6.22. The van der Waals surface area contributed by atoms with Crippen LogP contribution in [0.25, 0.3) is 0 Å². The normalized spacial score (nSPS) is 21.8. The van der Waals surface area contributed by atoms with Crippen molar-refractivity contribution in [3.8, 4) is 0 Å². The van der Waals surface area contributed by atoms with Crippen LogP contribution in [-0.2, 0) is 10.0 Å². The Morgan fingerprint density at radius 2 is 1.96 bits per heavy atom. The molecule has 9 heteroatoms. The number of hydrogen-bond donors (Lipinski definition) is 2. The zero-order valence-electron chi connectivity index (χ0n) is 14.3. The van der Waals surface area contributed by atoms with Gasteiger partial charge in [0, 0.05) is 50.9 Å². The van der Waals surface area contributed by atoms with Crippen molar-refractivity contribution >= 4 is 28.3 Å². The zero-order chi connectivity index (χ0) is 17.2. The lowest BCUT2D eigenvalue weighted by molar-refractivity contribution is 0.0773. The molecule has 1 aromatic rings. The zero-order valence-corrected chi connectivity index (χ0v) is 15.9. The van der Waals surface area contributed by atoms with E-state index in [1.54, 1.807) is 12.1 Å². The van der Waals surface area contributed by atoms with E-state index in [1.165, 1.54) is 19.2 Å². The average Bonchev–Trinajstić information content (AvgIpc) is 3.12. The van der Waals surface area contributed by atoms with E-state index in [2.05, 4.69) is 14.9 Å². The number of amides is 1. The van der Waals surface area contributed by atoms with E-state index in [9.17, 15) is 13.2 Å². The van der Waals surface area contributed by atoms with Crippen LogP contribution in [0.5, 0.6) is 0 Å². The van der Waals surface area contributed by atoms with Crippen molar-refractivity contribution < 1.29 is 13.2 Å². The van der Waals surface area contributed by atoms with Gasteiger partial charge in [-0.15, -0.1) is 12.4 Å². The van der Waals surface area contributed by atoms with Crippen molar-refractivity contribution in [3.63, 3.8) is 0 Å². The maximum absolute atomic E-state index is 12.7. The minimum absolute atomic E-state index is 0. The molecule has 25 heavy (non-hydrogen) atoms. The van der Waals surface area contributed by atoms with Crippen LogP contribution in [0.1, 0.15) is 16.8 Å². The number of piperazine rings is 1. The van der Waals surface area contributed by atoms with E-state index < -0.39 is 10.0 Å².